The molecule has 4 heteroatoms. The SMILES string of the molecule is Cc1c(C2(O)CC2)cc(Cl)c2c1OCO2. The van der Waals surface area contributed by atoms with Gasteiger partial charge in [-0.05, 0) is 31.4 Å². The van der Waals surface area contributed by atoms with Crippen molar-refractivity contribution >= 4 is 11.6 Å². The number of halogens is 1. The molecule has 1 aliphatic carbocycles. The molecule has 0 saturated heterocycles. The third kappa shape index (κ3) is 1.23. The van der Waals surface area contributed by atoms with Crippen molar-refractivity contribution in [3.05, 3.63) is 22.2 Å². The van der Waals surface area contributed by atoms with E-state index in [-0.39, 0.29) is 6.79 Å². The van der Waals surface area contributed by atoms with Crippen LogP contribution >= 0.6 is 11.6 Å². The van der Waals surface area contributed by atoms with Gasteiger partial charge in [-0.1, -0.05) is 11.6 Å². The maximum Gasteiger partial charge on any atom is 0.231 e. The van der Waals surface area contributed by atoms with E-state index in [9.17, 15) is 5.11 Å². The molecule has 0 atom stereocenters. The number of fused-ring (bicyclic) bond motifs is 1. The van der Waals surface area contributed by atoms with Crippen molar-refractivity contribution in [1.82, 2.24) is 0 Å². The third-order valence-corrected chi connectivity index (χ3v) is 3.35. The molecule has 15 heavy (non-hydrogen) atoms. The van der Waals surface area contributed by atoms with Crippen LogP contribution in [0.5, 0.6) is 11.5 Å². The van der Waals surface area contributed by atoms with E-state index in [0.29, 0.717) is 16.5 Å². The monoisotopic (exact) mass is 226 g/mol. The van der Waals surface area contributed by atoms with Gasteiger partial charge in [-0.15, -0.1) is 0 Å². The predicted octanol–water partition coefficient (Wildman–Crippen LogP) is 2.36. The first kappa shape index (κ1) is 9.31. The summed E-state index contributed by atoms with van der Waals surface area (Å²) in [6.45, 7) is 2.13. The van der Waals surface area contributed by atoms with Crippen LogP contribution in [0.1, 0.15) is 24.0 Å². The van der Waals surface area contributed by atoms with Gasteiger partial charge in [-0.3, -0.25) is 0 Å². The van der Waals surface area contributed by atoms with Crippen molar-refractivity contribution in [3.8, 4) is 11.5 Å². The Bertz CT molecular complexity index is 438. The molecular formula is C11H11ClO3. The lowest BCUT2D eigenvalue weighted by molar-refractivity contribution is 0.149. The van der Waals surface area contributed by atoms with Crippen LogP contribution in [0.3, 0.4) is 0 Å². The summed E-state index contributed by atoms with van der Waals surface area (Å²) < 4.78 is 10.6. The summed E-state index contributed by atoms with van der Waals surface area (Å²) in [6.07, 6.45) is 1.59. The van der Waals surface area contributed by atoms with Crippen molar-refractivity contribution in [1.29, 1.82) is 0 Å². The van der Waals surface area contributed by atoms with Crippen LogP contribution in [0.25, 0.3) is 0 Å². The fourth-order valence-corrected chi connectivity index (χ4v) is 2.28. The van der Waals surface area contributed by atoms with Gasteiger partial charge in [0, 0.05) is 5.56 Å². The van der Waals surface area contributed by atoms with E-state index >= 15 is 0 Å². The maximum absolute atomic E-state index is 10.1. The van der Waals surface area contributed by atoms with Crippen LogP contribution in [-0.4, -0.2) is 11.9 Å². The number of hydrogen-bond donors (Lipinski definition) is 1. The van der Waals surface area contributed by atoms with Crippen LogP contribution in [0.4, 0.5) is 0 Å². The molecule has 1 N–H and O–H groups in total. The summed E-state index contributed by atoms with van der Waals surface area (Å²) in [7, 11) is 0. The molecule has 2 aliphatic rings. The standard InChI is InChI=1S/C11H11ClO3/c1-6-7(11(13)2-3-11)4-8(12)10-9(6)14-5-15-10/h4,13H,2-3,5H2,1H3. The van der Waals surface area contributed by atoms with E-state index in [1.807, 2.05) is 6.92 Å². The summed E-state index contributed by atoms with van der Waals surface area (Å²) >= 11 is 6.06. The van der Waals surface area contributed by atoms with Crippen molar-refractivity contribution in [2.45, 2.75) is 25.4 Å². The van der Waals surface area contributed by atoms with Gasteiger partial charge in [0.2, 0.25) is 6.79 Å². The normalized spacial score (nSPS) is 20.5. The van der Waals surface area contributed by atoms with Crippen molar-refractivity contribution < 1.29 is 14.6 Å². The summed E-state index contributed by atoms with van der Waals surface area (Å²) in [4.78, 5) is 0. The smallest absolute Gasteiger partial charge is 0.231 e. The predicted molar refractivity (Wildman–Crippen MR) is 55.4 cm³/mol. The molecule has 0 unspecified atom stereocenters. The number of rotatable bonds is 1. The molecule has 1 fully saturated rings. The van der Waals surface area contributed by atoms with Crippen LogP contribution in [-0.2, 0) is 5.60 Å². The average molecular weight is 227 g/mol. The van der Waals surface area contributed by atoms with Crippen LogP contribution in [0, 0.1) is 6.92 Å². The first-order valence-electron chi connectivity index (χ1n) is 4.93. The molecule has 3 nitrogen and oxygen atoms in total. The summed E-state index contributed by atoms with van der Waals surface area (Å²) in [5, 5.41) is 10.6. The van der Waals surface area contributed by atoms with Gasteiger partial charge < -0.3 is 14.6 Å². The number of hydrogen-bond acceptors (Lipinski definition) is 3. The Kier molecular flexibility index (Phi) is 1.74. The number of ether oxygens (including phenoxy) is 2. The van der Waals surface area contributed by atoms with Gasteiger partial charge in [-0.2, -0.15) is 0 Å². The molecule has 0 amide bonds. The molecule has 1 aliphatic heterocycles. The lowest BCUT2D eigenvalue weighted by Gasteiger charge is -2.14. The van der Waals surface area contributed by atoms with E-state index in [2.05, 4.69) is 0 Å². The molecule has 0 bridgehead atoms. The fraction of sp³-hybridized carbons (Fsp3) is 0.455. The van der Waals surface area contributed by atoms with E-state index in [1.165, 1.54) is 0 Å². The lowest BCUT2D eigenvalue weighted by Crippen LogP contribution is -2.07. The van der Waals surface area contributed by atoms with E-state index in [4.69, 9.17) is 21.1 Å². The van der Waals surface area contributed by atoms with Gasteiger partial charge >= 0.3 is 0 Å². The minimum Gasteiger partial charge on any atom is -0.453 e. The first-order chi connectivity index (χ1) is 7.12. The zero-order valence-electron chi connectivity index (χ0n) is 8.34. The molecule has 1 saturated carbocycles. The molecule has 3 rings (SSSR count). The molecule has 1 heterocycles. The zero-order chi connectivity index (χ0) is 10.6. The quantitative estimate of drug-likeness (QED) is 0.799. The topological polar surface area (TPSA) is 38.7 Å². The van der Waals surface area contributed by atoms with Gasteiger partial charge in [0.15, 0.2) is 11.5 Å². The minimum absolute atomic E-state index is 0.206. The Morgan fingerprint density at radius 3 is 2.67 bits per heavy atom. The summed E-state index contributed by atoms with van der Waals surface area (Å²) in [5.41, 5.74) is 1.12. The molecular weight excluding hydrogens is 216 g/mol. The number of aliphatic hydroxyl groups is 1. The van der Waals surface area contributed by atoms with Gasteiger partial charge in [-0.25, -0.2) is 0 Å². The average Bonchev–Trinajstić information content (AvgIpc) is 2.79. The minimum atomic E-state index is -0.686. The maximum atomic E-state index is 10.1. The molecule has 80 valence electrons. The van der Waals surface area contributed by atoms with E-state index in [0.717, 1.165) is 24.0 Å². The Labute approximate surface area is 92.6 Å². The van der Waals surface area contributed by atoms with Crippen molar-refractivity contribution in [2.75, 3.05) is 6.79 Å². The second kappa shape index (κ2) is 2.80. The summed E-state index contributed by atoms with van der Waals surface area (Å²) in [5.74, 6) is 1.28. The Morgan fingerprint density at radius 1 is 1.33 bits per heavy atom. The van der Waals surface area contributed by atoms with Crippen LogP contribution in [0.15, 0.2) is 6.07 Å². The molecule has 0 spiro atoms. The van der Waals surface area contributed by atoms with E-state index in [1.54, 1.807) is 6.07 Å². The number of benzene rings is 1. The highest BCUT2D eigenvalue weighted by Crippen LogP contribution is 2.52. The molecule has 1 aromatic rings. The molecule has 1 aromatic carbocycles. The van der Waals surface area contributed by atoms with Gasteiger partial charge in [0.05, 0.1) is 10.6 Å². The second-order valence-corrected chi connectivity index (χ2v) is 4.53. The highest BCUT2D eigenvalue weighted by atomic mass is 35.5. The van der Waals surface area contributed by atoms with Crippen molar-refractivity contribution in [2.24, 2.45) is 0 Å². The van der Waals surface area contributed by atoms with Gasteiger partial charge in [0.1, 0.15) is 0 Å². The Morgan fingerprint density at radius 2 is 2.00 bits per heavy atom. The Hall–Kier alpha value is -0.930. The second-order valence-electron chi connectivity index (χ2n) is 4.13. The zero-order valence-corrected chi connectivity index (χ0v) is 9.10. The van der Waals surface area contributed by atoms with Gasteiger partial charge in [0.25, 0.3) is 0 Å². The molecule has 0 radical (unpaired) electrons. The first-order valence-corrected chi connectivity index (χ1v) is 5.31. The highest BCUT2D eigenvalue weighted by Gasteiger charge is 2.44. The van der Waals surface area contributed by atoms with Crippen LogP contribution in [0.2, 0.25) is 5.02 Å². The fourth-order valence-electron chi connectivity index (χ4n) is 2.03. The molecule has 0 aromatic heterocycles. The third-order valence-electron chi connectivity index (χ3n) is 3.07. The Balaban J connectivity index is 2.21. The van der Waals surface area contributed by atoms with Crippen LogP contribution < -0.4 is 9.47 Å². The highest BCUT2D eigenvalue weighted by molar-refractivity contribution is 6.32. The summed E-state index contributed by atoms with van der Waals surface area (Å²) in [6, 6.07) is 1.79. The largest absolute Gasteiger partial charge is 0.453 e. The van der Waals surface area contributed by atoms with Crippen molar-refractivity contribution in [3.63, 3.8) is 0 Å². The lowest BCUT2D eigenvalue weighted by atomic mass is 10.0. The van der Waals surface area contributed by atoms with E-state index < -0.39 is 5.60 Å².